The molecule has 1 aromatic heterocycles. The molecule has 0 unspecified atom stereocenters. The van der Waals surface area contributed by atoms with Crippen molar-refractivity contribution in [3.8, 4) is 5.75 Å². The molecule has 0 amide bonds. The van der Waals surface area contributed by atoms with Crippen LogP contribution in [0.1, 0.15) is 0 Å². The maximum Gasteiger partial charge on any atom is 0.185 e. The maximum absolute atomic E-state index is 5.87. The van der Waals surface area contributed by atoms with E-state index in [1.165, 1.54) is 0 Å². The summed E-state index contributed by atoms with van der Waals surface area (Å²) in [5, 5.41) is 4.98. The van der Waals surface area contributed by atoms with Gasteiger partial charge in [-0.3, -0.25) is 0 Å². The monoisotopic (exact) mass is 183 g/mol. The van der Waals surface area contributed by atoms with Crippen LogP contribution in [0.25, 0.3) is 11.0 Å². The SMILES string of the molecule is COc1cc(Cl)c2oncc2c1. The van der Waals surface area contributed by atoms with Gasteiger partial charge in [-0.2, -0.15) is 0 Å². The van der Waals surface area contributed by atoms with Gasteiger partial charge in [0.15, 0.2) is 5.58 Å². The van der Waals surface area contributed by atoms with Crippen LogP contribution < -0.4 is 4.74 Å². The van der Waals surface area contributed by atoms with Crippen LogP contribution in [-0.2, 0) is 0 Å². The molecule has 2 aromatic rings. The number of hydrogen-bond acceptors (Lipinski definition) is 3. The van der Waals surface area contributed by atoms with Gasteiger partial charge in [-0.1, -0.05) is 16.8 Å². The van der Waals surface area contributed by atoms with Gasteiger partial charge < -0.3 is 9.26 Å². The number of rotatable bonds is 1. The lowest BCUT2D eigenvalue weighted by atomic mass is 10.2. The van der Waals surface area contributed by atoms with Crippen molar-refractivity contribution in [2.45, 2.75) is 0 Å². The molecule has 1 heterocycles. The van der Waals surface area contributed by atoms with Gasteiger partial charge in [0.05, 0.1) is 18.3 Å². The van der Waals surface area contributed by atoms with Gasteiger partial charge in [0.2, 0.25) is 0 Å². The molecule has 2 rings (SSSR count). The number of benzene rings is 1. The van der Waals surface area contributed by atoms with Crippen molar-refractivity contribution < 1.29 is 9.26 Å². The number of methoxy groups -OCH3 is 1. The van der Waals surface area contributed by atoms with E-state index in [0.717, 1.165) is 5.39 Å². The molecule has 0 atom stereocenters. The Morgan fingerprint density at radius 1 is 1.50 bits per heavy atom. The molecule has 0 saturated heterocycles. The Balaban J connectivity index is 2.75. The second-order valence-corrected chi connectivity index (χ2v) is 2.76. The molecule has 4 heteroatoms. The van der Waals surface area contributed by atoms with Gasteiger partial charge in [-0.05, 0) is 6.07 Å². The van der Waals surface area contributed by atoms with Crippen LogP contribution in [0.15, 0.2) is 22.9 Å². The van der Waals surface area contributed by atoms with E-state index in [2.05, 4.69) is 5.16 Å². The molecule has 0 bridgehead atoms. The summed E-state index contributed by atoms with van der Waals surface area (Å²) >= 11 is 5.87. The second-order valence-electron chi connectivity index (χ2n) is 2.35. The maximum atomic E-state index is 5.87. The van der Waals surface area contributed by atoms with Crippen LogP contribution in [0.2, 0.25) is 5.02 Å². The fourth-order valence-electron chi connectivity index (χ4n) is 1.03. The van der Waals surface area contributed by atoms with E-state index in [1.54, 1.807) is 19.4 Å². The smallest absolute Gasteiger partial charge is 0.185 e. The molecule has 1 aromatic carbocycles. The molecule has 3 nitrogen and oxygen atoms in total. The summed E-state index contributed by atoms with van der Waals surface area (Å²) in [6, 6.07) is 3.51. The molecule has 0 aliphatic heterocycles. The first-order valence-electron chi connectivity index (χ1n) is 3.39. The third kappa shape index (κ3) is 1.02. The number of hydrogen-bond donors (Lipinski definition) is 0. The van der Waals surface area contributed by atoms with Gasteiger partial charge in [-0.25, -0.2) is 0 Å². The Labute approximate surface area is 73.9 Å². The molecule has 0 aliphatic rings. The predicted molar refractivity (Wildman–Crippen MR) is 45.6 cm³/mol. The highest BCUT2D eigenvalue weighted by Crippen LogP contribution is 2.28. The van der Waals surface area contributed by atoms with Gasteiger partial charge in [0.25, 0.3) is 0 Å². The van der Waals surface area contributed by atoms with E-state index >= 15 is 0 Å². The average Bonchev–Trinajstić information content (AvgIpc) is 2.52. The Morgan fingerprint density at radius 3 is 3.08 bits per heavy atom. The molecular formula is C8H6ClNO2. The van der Waals surface area contributed by atoms with Crippen LogP contribution in [0.3, 0.4) is 0 Å². The van der Waals surface area contributed by atoms with Gasteiger partial charge in [-0.15, -0.1) is 0 Å². The highest BCUT2D eigenvalue weighted by molar-refractivity contribution is 6.34. The lowest BCUT2D eigenvalue weighted by molar-refractivity contribution is 0.415. The van der Waals surface area contributed by atoms with E-state index in [0.29, 0.717) is 16.4 Å². The van der Waals surface area contributed by atoms with E-state index in [4.69, 9.17) is 20.9 Å². The quantitative estimate of drug-likeness (QED) is 0.682. The van der Waals surface area contributed by atoms with Crippen molar-refractivity contribution in [1.82, 2.24) is 5.16 Å². The summed E-state index contributed by atoms with van der Waals surface area (Å²) in [6.07, 6.45) is 1.60. The van der Waals surface area contributed by atoms with Crippen LogP contribution >= 0.6 is 11.6 Å². The summed E-state index contributed by atoms with van der Waals surface area (Å²) < 4.78 is 9.93. The van der Waals surface area contributed by atoms with E-state index < -0.39 is 0 Å². The second kappa shape index (κ2) is 2.68. The summed E-state index contributed by atoms with van der Waals surface area (Å²) in [4.78, 5) is 0. The standard InChI is InChI=1S/C8H6ClNO2/c1-11-6-2-5-4-10-12-8(5)7(9)3-6/h2-4H,1H3. The van der Waals surface area contributed by atoms with Gasteiger partial charge in [0, 0.05) is 11.5 Å². The highest BCUT2D eigenvalue weighted by atomic mass is 35.5. The molecule has 0 saturated carbocycles. The molecule has 0 fully saturated rings. The predicted octanol–water partition coefficient (Wildman–Crippen LogP) is 2.49. The van der Waals surface area contributed by atoms with E-state index in [-0.39, 0.29) is 0 Å². The first-order chi connectivity index (χ1) is 5.81. The van der Waals surface area contributed by atoms with Crippen LogP contribution in [0, 0.1) is 0 Å². The van der Waals surface area contributed by atoms with Crippen molar-refractivity contribution in [2.24, 2.45) is 0 Å². The van der Waals surface area contributed by atoms with Crippen molar-refractivity contribution in [2.75, 3.05) is 7.11 Å². The minimum absolute atomic E-state index is 0.516. The van der Waals surface area contributed by atoms with Gasteiger partial charge >= 0.3 is 0 Å². The van der Waals surface area contributed by atoms with E-state index in [9.17, 15) is 0 Å². The molecule has 12 heavy (non-hydrogen) atoms. The fraction of sp³-hybridized carbons (Fsp3) is 0.125. The average molecular weight is 184 g/mol. The minimum atomic E-state index is 0.516. The summed E-state index contributed by atoms with van der Waals surface area (Å²) in [5.74, 6) is 0.704. The molecule has 0 radical (unpaired) electrons. The molecule has 62 valence electrons. The number of nitrogens with zero attached hydrogens (tertiary/aromatic N) is 1. The Kier molecular flexibility index (Phi) is 1.66. The lowest BCUT2D eigenvalue weighted by Gasteiger charge is -1.98. The summed E-state index contributed by atoms with van der Waals surface area (Å²) in [6.45, 7) is 0. The third-order valence-corrected chi connectivity index (χ3v) is 1.90. The van der Waals surface area contributed by atoms with Crippen LogP contribution in [-0.4, -0.2) is 12.3 Å². The molecular weight excluding hydrogens is 178 g/mol. The first kappa shape index (κ1) is 7.43. The Morgan fingerprint density at radius 2 is 2.33 bits per heavy atom. The molecule has 0 aliphatic carbocycles. The number of halogens is 1. The van der Waals surface area contributed by atoms with Crippen molar-refractivity contribution in [3.63, 3.8) is 0 Å². The zero-order valence-electron chi connectivity index (χ0n) is 6.37. The highest BCUT2D eigenvalue weighted by Gasteiger charge is 2.05. The molecule has 0 spiro atoms. The van der Waals surface area contributed by atoms with Gasteiger partial charge in [0.1, 0.15) is 5.75 Å². The van der Waals surface area contributed by atoms with Crippen molar-refractivity contribution >= 4 is 22.6 Å². The first-order valence-corrected chi connectivity index (χ1v) is 3.77. The van der Waals surface area contributed by atoms with Crippen molar-refractivity contribution in [1.29, 1.82) is 0 Å². The third-order valence-electron chi connectivity index (χ3n) is 1.62. The Bertz CT molecular complexity index is 410. The zero-order valence-corrected chi connectivity index (χ0v) is 7.13. The number of fused-ring (bicyclic) bond motifs is 1. The van der Waals surface area contributed by atoms with Crippen LogP contribution in [0.4, 0.5) is 0 Å². The van der Waals surface area contributed by atoms with Crippen molar-refractivity contribution in [3.05, 3.63) is 23.4 Å². The van der Waals surface area contributed by atoms with Crippen LogP contribution in [0.5, 0.6) is 5.75 Å². The van der Waals surface area contributed by atoms with E-state index in [1.807, 2.05) is 6.07 Å². The summed E-state index contributed by atoms with van der Waals surface area (Å²) in [5.41, 5.74) is 0.595. The molecule has 0 N–H and O–H groups in total. The lowest BCUT2D eigenvalue weighted by Crippen LogP contribution is -1.81. The largest absolute Gasteiger partial charge is 0.497 e. The zero-order chi connectivity index (χ0) is 8.55. The normalized spacial score (nSPS) is 10.5. The topological polar surface area (TPSA) is 35.3 Å². The number of ether oxygens (including phenoxy) is 1. The Hall–Kier alpha value is -1.22. The fourth-order valence-corrected chi connectivity index (χ4v) is 1.29. The minimum Gasteiger partial charge on any atom is -0.497 e. The summed E-state index contributed by atoms with van der Waals surface area (Å²) in [7, 11) is 1.59. The number of aromatic nitrogens is 1.